The van der Waals surface area contributed by atoms with Crippen molar-refractivity contribution in [2.75, 3.05) is 44.2 Å². The molecule has 0 saturated carbocycles. The first-order chi connectivity index (χ1) is 15.0. The molecule has 6 nitrogen and oxygen atoms in total. The Bertz CT molecular complexity index is 800. The predicted molar refractivity (Wildman–Crippen MR) is 127 cm³/mol. The fourth-order valence-electron chi connectivity index (χ4n) is 4.10. The molecule has 1 N–H and O–H groups in total. The molecule has 1 amide bonds. The maximum absolute atomic E-state index is 12.7. The Kier molecular flexibility index (Phi) is 8.43. The molecule has 1 atom stereocenters. The molecule has 1 fully saturated rings. The van der Waals surface area contributed by atoms with Crippen LogP contribution in [0.15, 0.2) is 48.7 Å². The number of hydrogen-bond donors (Lipinski definition) is 1. The van der Waals surface area contributed by atoms with E-state index in [0.717, 1.165) is 57.2 Å². The SMILES string of the molecule is CCN(Cc1ccc(C(=O)NC(C)CN2CCN(c3ccccn3)CC2)cc1)C(C)C. The van der Waals surface area contributed by atoms with Crippen LogP contribution >= 0.6 is 0 Å². The Labute approximate surface area is 187 Å². The van der Waals surface area contributed by atoms with E-state index in [1.54, 1.807) is 0 Å². The van der Waals surface area contributed by atoms with Crippen LogP contribution in [0.3, 0.4) is 0 Å². The quantitative estimate of drug-likeness (QED) is 0.671. The van der Waals surface area contributed by atoms with Gasteiger partial charge in [0.1, 0.15) is 5.82 Å². The zero-order valence-electron chi connectivity index (χ0n) is 19.4. The van der Waals surface area contributed by atoms with Crippen molar-refractivity contribution in [1.29, 1.82) is 0 Å². The molecule has 1 saturated heterocycles. The Morgan fingerprint density at radius 2 is 1.77 bits per heavy atom. The Balaban J connectivity index is 1.44. The van der Waals surface area contributed by atoms with Crippen LogP contribution in [0.1, 0.15) is 43.6 Å². The Morgan fingerprint density at radius 3 is 2.35 bits per heavy atom. The number of carbonyl (C=O) groups is 1. The summed E-state index contributed by atoms with van der Waals surface area (Å²) < 4.78 is 0. The second-order valence-corrected chi connectivity index (χ2v) is 8.70. The van der Waals surface area contributed by atoms with Crippen molar-refractivity contribution >= 4 is 11.7 Å². The standard InChI is InChI=1S/C25H37N5O/c1-5-29(20(2)3)19-22-9-11-23(12-10-22)25(31)27-21(4)18-28-14-16-30(17-15-28)24-8-6-7-13-26-24/h6-13,20-21H,5,14-19H2,1-4H3,(H,27,31). The lowest BCUT2D eigenvalue weighted by molar-refractivity contribution is 0.0928. The highest BCUT2D eigenvalue weighted by Crippen LogP contribution is 2.13. The molecular formula is C25H37N5O. The summed E-state index contributed by atoms with van der Waals surface area (Å²) in [6, 6.07) is 14.7. The first kappa shape index (κ1) is 23.2. The third-order valence-corrected chi connectivity index (χ3v) is 5.99. The number of nitrogens with one attached hydrogen (secondary N) is 1. The third-order valence-electron chi connectivity index (χ3n) is 5.99. The second kappa shape index (κ2) is 11.3. The summed E-state index contributed by atoms with van der Waals surface area (Å²) in [5.41, 5.74) is 1.97. The van der Waals surface area contributed by atoms with Crippen molar-refractivity contribution in [1.82, 2.24) is 20.1 Å². The van der Waals surface area contributed by atoms with Gasteiger partial charge in [0, 0.05) is 63.1 Å². The van der Waals surface area contributed by atoms with Gasteiger partial charge in [-0.25, -0.2) is 4.98 Å². The average Bonchev–Trinajstić information content (AvgIpc) is 2.78. The molecule has 1 aromatic carbocycles. The molecular weight excluding hydrogens is 386 g/mol. The molecule has 0 aliphatic carbocycles. The molecule has 1 aromatic heterocycles. The van der Waals surface area contributed by atoms with E-state index in [1.807, 2.05) is 30.5 Å². The summed E-state index contributed by atoms with van der Waals surface area (Å²) in [7, 11) is 0. The lowest BCUT2D eigenvalue weighted by Crippen LogP contribution is -2.51. The van der Waals surface area contributed by atoms with Gasteiger partial charge in [-0.05, 0) is 57.1 Å². The molecule has 1 unspecified atom stereocenters. The fraction of sp³-hybridized carbons (Fsp3) is 0.520. The number of hydrogen-bond acceptors (Lipinski definition) is 5. The van der Waals surface area contributed by atoms with Gasteiger partial charge in [-0.15, -0.1) is 0 Å². The summed E-state index contributed by atoms with van der Waals surface area (Å²) in [5, 5.41) is 3.16. The minimum Gasteiger partial charge on any atom is -0.354 e. The van der Waals surface area contributed by atoms with Gasteiger partial charge in [-0.1, -0.05) is 25.1 Å². The highest BCUT2D eigenvalue weighted by atomic mass is 16.1. The van der Waals surface area contributed by atoms with Gasteiger partial charge < -0.3 is 10.2 Å². The number of aromatic nitrogens is 1. The lowest BCUT2D eigenvalue weighted by atomic mass is 10.1. The summed E-state index contributed by atoms with van der Waals surface area (Å²) in [5.74, 6) is 1.05. The number of rotatable bonds is 9. The van der Waals surface area contributed by atoms with E-state index in [2.05, 4.69) is 70.9 Å². The molecule has 6 heteroatoms. The van der Waals surface area contributed by atoms with Crippen LogP contribution in [-0.2, 0) is 6.54 Å². The molecule has 31 heavy (non-hydrogen) atoms. The van der Waals surface area contributed by atoms with E-state index in [-0.39, 0.29) is 11.9 Å². The average molecular weight is 424 g/mol. The summed E-state index contributed by atoms with van der Waals surface area (Å²) in [4.78, 5) is 24.3. The first-order valence-electron chi connectivity index (χ1n) is 11.5. The smallest absolute Gasteiger partial charge is 0.251 e. The minimum atomic E-state index is 0.00220. The van der Waals surface area contributed by atoms with Gasteiger partial charge >= 0.3 is 0 Å². The maximum atomic E-state index is 12.7. The molecule has 168 valence electrons. The predicted octanol–water partition coefficient (Wildman–Crippen LogP) is 3.25. The van der Waals surface area contributed by atoms with Crippen LogP contribution in [-0.4, -0.2) is 72.0 Å². The second-order valence-electron chi connectivity index (χ2n) is 8.70. The van der Waals surface area contributed by atoms with Crippen molar-refractivity contribution in [2.24, 2.45) is 0 Å². The van der Waals surface area contributed by atoms with Crippen molar-refractivity contribution in [3.63, 3.8) is 0 Å². The largest absolute Gasteiger partial charge is 0.354 e. The summed E-state index contributed by atoms with van der Waals surface area (Å²) in [6.45, 7) is 15.4. The number of pyridine rings is 1. The number of piperazine rings is 1. The molecule has 1 aliphatic rings. The molecule has 3 rings (SSSR count). The Morgan fingerprint density at radius 1 is 1.06 bits per heavy atom. The first-order valence-corrected chi connectivity index (χ1v) is 11.5. The number of amides is 1. The minimum absolute atomic E-state index is 0.00220. The zero-order chi connectivity index (χ0) is 22.2. The van der Waals surface area contributed by atoms with Crippen LogP contribution in [0.25, 0.3) is 0 Å². The fourth-order valence-corrected chi connectivity index (χ4v) is 4.10. The van der Waals surface area contributed by atoms with Crippen LogP contribution in [0.5, 0.6) is 0 Å². The van der Waals surface area contributed by atoms with Crippen molar-refractivity contribution in [3.05, 3.63) is 59.8 Å². The van der Waals surface area contributed by atoms with Crippen molar-refractivity contribution in [2.45, 2.75) is 46.3 Å². The van der Waals surface area contributed by atoms with E-state index >= 15 is 0 Å². The number of nitrogens with zero attached hydrogens (tertiary/aromatic N) is 4. The van der Waals surface area contributed by atoms with Gasteiger partial charge in [0.05, 0.1) is 0 Å². The van der Waals surface area contributed by atoms with Gasteiger partial charge in [0.2, 0.25) is 0 Å². The molecule has 0 spiro atoms. The highest BCUT2D eigenvalue weighted by Gasteiger charge is 2.20. The van der Waals surface area contributed by atoms with E-state index < -0.39 is 0 Å². The van der Waals surface area contributed by atoms with Crippen LogP contribution in [0.4, 0.5) is 5.82 Å². The molecule has 1 aliphatic heterocycles. The number of benzene rings is 1. The summed E-state index contributed by atoms with van der Waals surface area (Å²) in [6.07, 6.45) is 1.84. The van der Waals surface area contributed by atoms with E-state index in [1.165, 1.54) is 5.56 Å². The van der Waals surface area contributed by atoms with Crippen LogP contribution in [0.2, 0.25) is 0 Å². The van der Waals surface area contributed by atoms with E-state index in [9.17, 15) is 4.79 Å². The lowest BCUT2D eigenvalue weighted by Gasteiger charge is -2.36. The van der Waals surface area contributed by atoms with Gasteiger partial charge in [-0.2, -0.15) is 0 Å². The topological polar surface area (TPSA) is 51.7 Å². The van der Waals surface area contributed by atoms with Crippen LogP contribution < -0.4 is 10.2 Å². The maximum Gasteiger partial charge on any atom is 0.251 e. The van der Waals surface area contributed by atoms with Gasteiger partial charge in [0.15, 0.2) is 0 Å². The molecule has 2 aromatic rings. The molecule has 0 bridgehead atoms. The zero-order valence-corrected chi connectivity index (χ0v) is 19.4. The molecule has 0 radical (unpaired) electrons. The van der Waals surface area contributed by atoms with Gasteiger partial charge in [0.25, 0.3) is 5.91 Å². The monoisotopic (exact) mass is 423 g/mol. The van der Waals surface area contributed by atoms with E-state index in [4.69, 9.17) is 0 Å². The Hall–Kier alpha value is -2.44. The van der Waals surface area contributed by atoms with Crippen LogP contribution in [0, 0.1) is 0 Å². The normalized spacial score (nSPS) is 16.0. The number of carbonyl (C=O) groups excluding carboxylic acids is 1. The van der Waals surface area contributed by atoms with E-state index in [0.29, 0.717) is 6.04 Å². The summed E-state index contributed by atoms with van der Waals surface area (Å²) >= 11 is 0. The highest BCUT2D eigenvalue weighted by molar-refractivity contribution is 5.94. The third kappa shape index (κ3) is 6.77. The molecule has 2 heterocycles. The van der Waals surface area contributed by atoms with Crippen molar-refractivity contribution < 1.29 is 4.79 Å². The van der Waals surface area contributed by atoms with Gasteiger partial charge in [-0.3, -0.25) is 14.6 Å². The number of anilines is 1. The van der Waals surface area contributed by atoms with Crippen molar-refractivity contribution in [3.8, 4) is 0 Å².